The predicted molar refractivity (Wildman–Crippen MR) is 104 cm³/mol. The van der Waals surface area contributed by atoms with E-state index in [1.54, 1.807) is 18.2 Å². The van der Waals surface area contributed by atoms with Crippen LogP contribution in [0.5, 0.6) is 0 Å². The summed E-state index contributed by atoms with van der Waals surface area (Å²) in [5.41, 5.74) is 1.70. The van der Waals surface area contributed by atoms with Crippen LogP contribution in [0, 0.1) is 12.7 Å². The van der Waals surface area contributed by atoms with Crippen LogP contribution in [0.1, 0.15) is 5.56 Å². The fourth-order valence-electron chi connectivity index (χ4n) is 2.90. The van der Waals surface area contributed by atoms with Crippen molar-refractivity contribution in [3.63, 3.8) is 0 Å². The molecule has 2 aromatic carbocycles. The van der Waals surface area contributed by atoms with Gasteiger partial charge in [-0.2, -0.15) is 0 Å². The van der Waals surface area contributed by atoms with E-state index in [2.05, 4.69) is 9.97 Å². The predicted octanol–water partition coefficient (Wildman–Crippen LogP) is 2.43. The molecule has 0 saturated carbocycles. The first kappa shape index (κ1) is 19.3. The molecule has 1 atom stereocenters. The lowest BCUT2D eigenvalue weighted by molar-refractivity contribution is 0.0656. The Morgan fingerprint density at radius 2 is 1.93 bits per heavy atom. The van der Waals surface area contributed by atoms with E-state index in [0.717, 1.165) is 16.7 Å². The molecule has 1 aromatic heterocycles. The summed E-state index contributed by atoms with van der Waals surface area (Å²) in [5, 5.41) is 9.74. The molecule has 6 nitrogen and oxygen atoms in total. The van der Waals surface area contributed by atoms with Crippen molar-refractivity contribution in [1.29, 1.82) is 0 Å². The van der Waals surface area contributed by atoms with Gasteiger partial charge in [-0.3, -0.25) is 9.78 Å². The van der Waals surface area contributed by atoms with E-state index in [1.165, 1.54) is 31.0 Å². The first-order valence-corrected chi connectivity index (χ1v) is 9.25. The molecule has 3 aromatic rings. The Kier molecular flexibility index (Phi) is 5.79. The van der Waals surface area contributed by atoms with Crippen LogP contribution in [0.15, 0.2) is 44.8 Å². The summed E-state index contributed by atoms with van der Waals surface area (Å²) in [5.74, 6) is 0.0603. The molecule has 0 aliphatic carbocycles. The number of H-pyrrole nitrogens is 2. The van der Waals surface area contributed by atoms with Crippen LogP contribution in [0.3, 0.4) is 0 Å². The second kappa shape index (κ2) is 8.08. The lowest BCUT2D eigenvalue weighted by Gasteiger charge is -2.18. The fraction of sp³-hybridized carbons (Fsp3) is 0.263. The summed E-state index contributed by atoms with van der Waals surface area (Å²) in [4.78, 5) is 29.7. The summed E-state index contributed by atoms with van der Waals surface area (Å²) in [7, 11) is 1.50. The molecule has 0 radical (unpaired) electrons. The third kappa shape index (κ3) is 3.97. The molecule has 0 spiro atoms. The second-order valence-corrected chi connectivity index (χ2v) is 7.12. The third-order valence-corrected chi connectivity index (χ3v) is 5.51. The van der Waals surface area contributed by atoms with Gasteiger partial charge in [0.1, 0.15) is 5.82 Å². The first-order valence-electron chi connectivity index (χ1n) is 8.27. The van der Waals surface area contributed by atoms with Crippen molar-refractivity contribution in [3.8, 4) is 11.1 Å². The first-order chi connectivity index (χ1) is 12.9. The van der Waals surface area contributed by atoms with Gasteiger partial charge in [-0.05, 0) is 36.2 Å². The minimum atomic E-state index is -0.603. The number of fused-ring (bicyclic) bond motifs is 1. The van der Waals surface area contributed by atoms with Gasteiger partial charge in [-0.1, -0.05) is 12.1 Å². The number of methoxy groups -OCH3 is 1. The van der Waals surface area contributed by atoms with E-state index >= 15 is 0 Å². The molecule has 3 rings (SSSR count). The van der Waals surface area contributed by atoms with E-state index in [4.69, 9.17) is 4.74 Å². The Morgan fingerprint density at radius 3 is 2.56 bits per heavy atom. The van der Waals surface area contributed by atoms with Gasteiger partial charge in [0, 0.05) is 23.3 Å². The van der Waals surface area contributed by atoms with Gasteiger partial charge < -0.3 is 14.8 Å². The van der Waals surface area contributed by atoms with Gasteiger partial charge in [0.25, 0.3) is 5.56 Å². The van der Waals surface area contributed by atoms with Crippen molar-refractivity contribution in [2.45, 2.75) is 17.9 Å². The number of halogens is 1. The van der Waals surface area contributed by atoms with Crippen molar-refractivity contribution in [1.82, 2.24) is 9.97 Å². The highest BCUT2D eigenvalue weighted by molar-refractivity contribution is 7.99. The summed E-state index contributed by atoms with van der Waals surface area (Å²) < 4.78 is 18.6. The van der Waals surface area contributed by atoms with Crippen molar-refractivity contribution >= 4 is 22.7 Å². The molecule has 0 amide bonds. The largest absolute Gasteiger partial charge is 0.394 e. The van der Waals surface area contributed by atoms with Crippen molar-refractivity contribution in [3.05, 3.63) is 62.6 Å². The molecular formula is C19H19FN2O4S. The van der Waals surface area contributed by atoms with Crippen LogP contribution in [-0.2, 0) is 4.74 Å². The maximum Gasteiger partial charge on any atom is 0.326 e. The number of rotatable bonds is 6. The van der Waals surface area contributed by atoms with E-state index in [1.807, 2.05) is 6.92 Å². The summed E-state index contributed by atoms with van der Waals surface area (Å²) >= 11 is 1.36. The number of benzene rings is 2. The zero-order valence-electron chi connectivity index (χ0n) is 14.8. The fourth-order valence-corrected chi connectivity index (χ4v) is 4.22. The van der Waals surface area contributed by atoms with E-state index in [-0.39, 0.29) is 12.4 Å². The summed E-state index contributed by atoms with van der Waals surface area (Å²) in [6.07, 6.45) is -0.402. The quantitative estimate of drug-likeness (QED) is 0.562. The molecule has 8 heteroatoms. The minimum Gasteiger partial charge on any atom is -0.394 e. The van der Waals surface area contributed by atoms with Crippen molar-refractivity contribution in [2.75, 3.05) is 19.5 Å². The highest BCUT2D eigenvalue weighted by Gasteiger charge is 2.18. The number of aliphatic hydroxyl groups excluding tert-OH is 1. The molecule has 0 aliphatic heterocycles. The number of aryl methyl sites for hydroxylation is 1. The highest BCUT2D eigenvalue weighted by Crippen LogP contribution is 2.38. The Hall–Kier alpha value is -2.42. The minimum absolute atomic E-state index is 0.157. The zero-order valence-corrected chi connectivity index (χ0v) is 15.7. The average Bonchev–Trinajstić information content (AvgIpc) is 2.64. The molecule has 0 aliphatic rings. The smallest absolute Gasteiger partial charge is 0.326 e. The number of hydrogen-bond acceptors (Lipinski definition) is 5. The standard InChI is InChI=1S/C19H19FN2O4S/c1-10-7-14-16(21-19(25)22-18(14)24)17(27-9-13(8-23)26-2)15(10)11-3-5-12(20)6-4-11/h3-7,13,23H,8-9H2,1-2H3,(H2,21,22,24,25)/t13-/m1/s1. The van der Waals surface area contributed by atoms with Gasteiger partial charge in [-0.25, -0.2) is 9.18 Å². The van der Waals surface area contributed by atoms with Gasteiger partial charge >= 0.3 is 5.69 Å². The maximum absolute atomic E-state index is 13.4. The molecule has 27 heavy (non-hydrogen) atoms. The second-order valence-electron chi connectivity index (χ2n) is 6.09. The maximum atomic E-state index is 13.4. The highest BCUT2D eigenvalue weighted by atomic mass is 32.2. The van der Waals surface area contributed by atoms with Crippen LogP contribution >= 0.6 is 11.8 Å². The average molecular weight is 390 g/mol. The SMILES string of the molecule is CO[C@H](CO)CSc1c(-c2ccc(F)cc2)c(C)cc2c(=O)[nH]c(=O)[nH]c12. The van der Waals surface area contributed by atoms with Crippen LogP contribution in [0.25, 0.3) is 22.0 Å². The van der Waals surface area contributed by atoms with Crippen molar-refractivity contribution in [2.24, 2.45) is 0 Å². The number of ether oxygens (including phenoxy) is 1. The van der Waals surface area contributed by atoms with Crippen LogP contribution in [0.4, 0.5) is 4.39 Å². The number of thioether (sulfide) groups is 1. The van der Waals surface area contributed by atoms with Gasteiger partial charge in [-0.15, -0.1) is 11.8 Å². The number of aromatic amines is 2. The zero-order chi connectivity index (χ0) is 19.6. The molecular weight excluding hydrogens is 371 g/mol. The summed E-state index contributed by atoms with van der Waals surface area (Å²) in [6.45, 7) is 1.70. The Morgan fingerprint density at radius 1 is 1.22 bits per heavy atom. The molecule has 0 bridgehead atoms. The van der Waals surface area contributed by atoms with Crippen LogP contribution in [-0.4, -0.2) is 40.6 Å². The van der Waals surface area contributed by atoms with E-state index < -0.39 is 17.4 Å². The van der Waals surface area contributed by atoms with E-state index in [9.17, 15) is 19.1 Å². The van der Waals surface area contributed by atoms with Gasteiger partial charge in [0.2, 0.25) is 0 Å². The molecule has 0 unspecified atom stereocenters. The molecule has 0 fully saturated rings. The Balaban J connectivity index is 2.27. The lowest BCUT2D eigenvalue weighted by Crippen LogP contribution is -2.23. The lowest BCUT2D eigenvalue weighted by atomic mass is 9.98. The van der Waals surface area contributed by atoms with Crippen LogP contribution in [0.2, 0.25) is 0 Å². The van der Waals surface area contributed by atoms with Crippen molar-refractivity contribution < 1.29 is 14.2 Å². The Bertz CT molecular complexity index is 1070. The normalized spacial score (nSPS) is 12.4. The van der Waals surface area contributed by atoms with Gasteiger partial charge in [0.15, 0.2) is 0 Å². The monoisotopic (exact) mass is 390 g/mol. The number of aliphatic hydroxyl groups is 1. The molecule has 3 N–H and O–H groups in total. The molecule has 1 heterocycles. The topological polar surface area (TPSA) is 95.2 Å². The number of aromatic nitrogens is 2. The van der Waals surface area contributed by atoms with E-state index in [0.29, 0.717) is 21.6 Å². The van der Waals surface area contributed by atoms with Crippen LogP contribution < -0.4 is 11.2 Å². The third-order valence-electron chi connectivity index (χ3n) is 4.27. The molecule has 142 valence electrons. The van der Waals surface area contributed by atoms with Gasteiger partial charge in [0.05, 0.1) is 23.6 Å². The number of nitrogens with one attached hydrogen (secondary N) is 2. The molecule has 0 saturated heterocycles. The number of hydrogen-bond donors (Lipinski definition) is 3. The Labute approximate surface area is 158 Å². The summed E-state index contributed by atoms with van der Waals surface area (Å²) in [6, 6.07) is 7.73.